The van der Waals surface area contributed by atoms with E-state index in [9.17, 15) is 9.59 Å². The monoisotopic (exact) mass is 303 g/mol. The summed E-state index contributed by atoms with van der Waals surface area (Å²) < 4.78 is 14.8. The Hall–Kier alpha value is -2.63. The van der Waals surface area contributed by atoms with Crippen molar-refractivity contribution >= 4 is 22.8 Å². The first kappa shape index (κ1) is 15.8. The Bertz CT molecular complexity index is 726. The molecule has 1 heterocycles. The van der Waals surface area contributed by atoms with E-state index < -0.39 is 18.0 Å². The maximum absolute atomic E-state index is 12.2. The second-order valence-corrected chi connectivity index (χ2v) is 4.75. The van der Waals surface area contributed by atoms with Gasteiger partial charge in [0.2, 0.25) is 0 Å². The first-order valence-electron chi connectivity index (χ1n) is 6.70. The third-order valence-electron chi connectivity index (χ3n) is 3.25. The van der Waals surface area contributed by atoms with Crippen LogP contribution in [0.4, 0.5) is 0 Å². The molecule has 0 radical (unpaired) electrons. The molecule has 0 aliphatic rings. The number of benzene rings is 1. The smallest absolute Gasteiger partial charge is 0.346 e. The van der Waals surface area contributed by atoms with Crippen molar-refractivity contribution in [2.45, 2.75) is 20.0 Å². The van der Waals surface area contributed by atoms with E-state index in [0.29, 0.717) is 17.0 Å². The van der Waals surface area contributed by atoms with Crippen LogP contribution < -0.4 is 4.74 Å². The molecule has 6 nitrogen and oxygen atoms in total. The molecule has 0 fully saturated rings. The highest BCUT2D eigenvalue weighted by atomic mass is 16.6. The Kier molecular flexibility index (Phi) is 4.60. The van der Waals surface area contributed by atoms with Crippen molar-refractivity contribution in [3.8, 4) is 5.75 Å². The van der Waals surface area contributed by atoms with E-state index >= 15 is 0 Å². The van der Waals surface area contributed by atoms with Crippen LogP contribution in [-0.2, 0) is 14.3 Å². The average molecular weight is 303 g/mol. The highest BCUT2D eigenvalue weighted by molar-refractivity contribution is 5.96. The van der Waals surface area contributed by atoms with Gasteiger partial charge >= 0.3 is 11.9 Å². The van der Waals surface area contributed by atoms with Crippen LogP contribution >= 0.6 is 0 Å². The highest BCUT2D eigenvalue weighted by Gasteiger charge is 2.21. The van der Waals surface area contributed by atoms with Crippen LogP contribution in [0.15, 0.2) is 24.3 Å². The lowest BCUT2D eigenvalue weighted by Gasteiger charge is -2.12. The standard InChI is InChI=1S/C16H17NO5/c1-9-13(16(19)22-10(2)15(18)21-4)7-11-5-6-12(20-3)8-14(11)17-9/h5-8,10H,1-4H3/t10-/m1/s1. The van der Waals surface area contributed by atoms with Crippen LogP contribution in [0.3, 0.4) is 0 Å². The van der Waals surface area contributed by atoms with E-state index in [0.717, 1.165) is 10.9 Å². The maximum Gasteiger partial charge on any atom is 0.346 e. The lowest BCUT2D eigenvalue weighted by Crippen LogP contribution is -2.25. The van der Waals surface area contributed by atoms with E-state index in [4.69, 9.17) is 9.47 Å². The summed E-state index contributed by atoms with van der Waals surface area (Å²) in [5.74, 6) is -0.529. The Balaban J connectivity index is 2.33. The number of aromatic nitrogens is 1. The predicted octanol–water partition coefficient (Wildman–Crippen LogP) is 2.27. The van der Waals surface area contributed by atoms with Gasteiger partial charge in [0.15, 0.2) is 6.10 Å². The zero-order chi connectivity index (χ0) is 16.3. The largest absolute Gasteiger partial charge is 0.497 e. The molecule has 116 valence electrons. The second-order valence-electron chi connectivity index (χ2n) is 4.75. The molecule has 22 heavy (non-hydrogen) atoms. The minimum Gasteiger partial charge on any atom is -0.497 e. The SMILES string of the molecule is COC(=O)[C@@H](C)OC(=O)c1cc2ccc(OC)cc2nc1C. The second kappa shape index (κ2) is 6.43. The number of rotatable bonds is 4. The van der Waals surface area contributed by atoms with Crippen molar-refractivity contribution in [1.29, 1.82) is 0 Å². The fourth-order valence-corrected chi connectivity index (χ4v) is 2.01. The Morgan fingerprint density at radius 2 is 1.91 bits per heavy atom. The summed E-state index contributed by atoms with van der Waals surface area (Å²) in [6, 6.07) is 7.06. The van der Waals surface area contributed by atoms with Crippen LogP contribution in [0, 0.1) is 6.92 Å². The molecule has 0 saturated carbocycles. The number of esters is 2. The summed E-state index contributed by atoms with van der Waals surface area (Å²) in [5.41, 5.74) is 1.55. The van der Waals surface area contributed by atoms with Gasteiger partial charge in [0.05, 0.1) is 31.0 Å². The van der Waals surface area contributed by atoms with Crippen LogP contribution in [0.1, 0.15) is 23.0 Å². The van der Waals surface area contributed by atoms with Crippen LogP contribution in [0.5, 0.6) is 5.75 Å². The normalized spacial score (nSPS) is 11.8. The predicted molar refractivity (Wildman–Crippen MR) is 79.9 cm³/mol. The van der Waals surface area contributed by atoms with E-state index in [2.05, 4.69) is 9.72 Å². The summed E-state index contributed by atoms with van der Waals surface area (Å²) in [7, 11) is 2.82. The van der Waals surface area contributed by atoms with Gasteiger partial charge in [0.25, 0.3) is 0 Å². The molecule has 6 heteroatoms. The Morgan fingerprint density at radius 3 is 2.55 bits per heavy atom. The number of methoxy groups -OCH3 is 2. The highest BCUT2D eigenvalue weighted by Crippen LogP contribution is 2.22. The third-order valence-corrected chi connectivity index (χ3v) is 3.25. The Labute approximate surface area is 128 Å². The van der Waals surface area contributed by atoms with Gasteiger partial charge in [0.1, 0.15) is 5.75 Å². The van der Waals surface area contributed by atoms with E-state index in [1.807, 2.05) is 0 Å². The molecule has 2 rings (SSSR count). The van der Waals surface area contributed by atoms with Crippen molar-refractivity contribution in [2.24, 2.45) is 0 Å². The van der Waals surface area contributed by atoms with Crippen molar-refractivity contribution in [3.63, 3.8) is 0 Å². The van der Waals surface area contributed by atoms with E-state index in [1.54, 1.807) is 38.3 Å². The van der Waals surface area contributed by atoms with E-state index in [1.165, 1.54) is 14.0 Å². The van der Waals surface area contributed by atoms with Crippen molar-refractivity contribution in [3.05, 3.63) is 35.5 Å². The maximum atomic E-state index is 12.2. The summed E-state index contributed by atoms with van der Waals surface area (Å²) in [6.45, 7) is 3.16. The zero-order valence-electron chi connectivity index (χ0n) is 12.9. The van der Waals surface area contributed by atoms with Gasteiger partial charge < -0.3 is 14.2 Å². The van der Waals surface area contributed by atoms with Crippen molar-refractivity contribution < 1.29 is 23.8 Å². The molecule has 0 amide bonds. The lowest BCUT2D eigenvalue weighted by atomic mass is 10.1. The molecule has 0 spiro atoms. The molecule has 2 aromatic rings. The molecule has 0 N–H and O–H groups in total. The fraction of sp³-hybridized carbons (Fsp3) is 0.312. The number of aryl methyl sites for hydroxylation is 1. The Morgan fingerprint density at radius 1 is 1.18 bits per heavy atom. The average Bonchev–Trinajstić information content (AvgIpc) is 2.52. The quantitative estimate of drug-likeness (QED) is 0.807. The number of hydrogen-bond acceptors (Lipinski definition) is 6. The number of ether oxygens (including phenoxy) is 3. The number of pyridine rings is 1. The van der Waals surface area contributed by atoms with Crippen LogP contribution in [0.2, 0.25) is 0 Å². The van der Waals surface area contributed by atoms with Gasteiger partial charge in [-0.1, -0.05) is 0 Å². The van der Waals surface area contributed by atoms with Gasteiger partial charge in [-0.3, -0.25) is 4.98 Å². The van der Waals surface area contributed by atoms with E-state index in [-0.39, 0.29) is 0 Å². The van der Waals surface area contributed by atoms with Gasteiger partial charge in [-0.15, -0.1) is 0 Å². The molecule has 1 atom stereocenters. The molecule has 1 aromatic carbocycles. The third kappa shape index (κ3) is 3.16. The van der Waals surface area contributed by atoms with Crippen molar-refractivity contribution in [2.75, 3.05) is 14.2 Å². The van der Waals surface area contributed by atoms with Gasteiger partial charge in [0, 0.05) is 11.5 Å². The first-order chi connectivity index (χ1) is 10.5. The minimum atomic E-state index is -0.969. The number of hydrogen-bond donors (Lipinski definition) is 0. The number of carbonyl (C=O) groups is 2. The molecule has 0 unspecified atom stereocenters. The molecule has 1 aromatic heterocycles. The minimum absolute atomic E-state index is 0.313. The number of nitrogens with zero attached hydrogens (tertiary/aromatic N) is 1. The topological polar surface area (TPSA) is 74.7 Å². The molecular formula is C16H17NO5. The van der Waals surface area contributed by atoms with Gasteiger partial charge in [-0.25, -0.2) is 9.59 Å². The van der Waals surface area contributed by atoms with Gasteiger partial charge in [-0.2, -0.15) is 0 Å². The number of carbonyl (C=O) groups excluding carboxylic acids is 2. The molecule has 0 bridgehead atoms. The fourth-order valence-electron chi connectivity index (χ4n) is 2.01. The first-order valence-corrected chi connectivity index (χ1v) is 6.70. The van der Waals surface area contributed by atoms with Crippen molar-refractivity contribution in [1.82, 2.24) is 4.98 Å². The summed E-state index contributed by atoms with van der Waals surface area (Å²) in [4.78, 5) is 27.9. The summed E-state index contributed by atoms with van der Waals surface area (Å²) in [6.07, 6.45) is -0.969. The van der Waals surface area contributed by atoms with Crippen LogP contribution in [0.25, 0.3) is 10.9 Å². The molecule has 0 saturated heterocycles. The zero-order valence-corrected chi connectivity index (χ0v) is 12.9. The molecular weight excluding hydrogens is 286 g/mol. The summed E-state index contributed by atoms with van der Waals surface area (Å²) in [5, 5.41) is 0.782. The van der Waals surface area contributed by atoms with Crippen LogP contribution in [-0.4, -0.2) is 37.2 Å². The molecule has 0 aliphatic heterocycles. The number of fused-ring (bicyclic) bond motifs is 1. The van der Waals surface area contributed by atoms with Gasteiger partial charge in [-0.05, 0) is 32.0 Å². The summed E-state index contributed by atoms with van der Waals surface area (Å²) >= 11 is 0. The lowest BCUT2D eigenvalue weighted by molar-refractivity contribution is -0.149. The molecule has 0 aliphatic carbocycles.